The minimum absolute atomic E-state index is 0.0343. The Balaban J connectivity index is 2.64. The Bertz CT molecular complexity index is 339. The summed E-state index contributed by atoms with van der Waals surface area (Å²) in [6.45, 7) is 0. The Morgan fingerprint density at radius 1 is 1.00 bits per heavy atom. The molecule has 0 amide bonds. The van der Waals surface area contributed by atoms with Gasteiger partial charge in [0.15, 0.2) is 0 Å². The fraction of sp³-hybridized carbons (Fsp3) is 0.455. The standard InChI is InChI=1S/C11H18O5Si/c1-15-10-6-9(7-11(8-10)16-2)4-3-5-17(12,13)14/h6-8,12-14H,3-5H2,1-2H3. The topological polar surface area (TPSA) is 79.2 Å². The van der Waals surface area contributed by atoms with E-state index in [-0.39, 0.29) is 6.04 Å². The number of ether oxygens (including phenoxy) is 2. The molecule has 0 aliphatic heterocycles. The molecule has 0 fully saturated rings. The normalized spacial score (nSPS) is 11.4. The predicted molar refractivity (Wildman–Crippen MR) is 65.1 cm³/mol. The lowest BCUT2D eigenvalue weighted by molar-refractivity contribution is 0.226. The maximum atomic E-state index is 8.90. The number of benzene rings is 1. The van der Waals surface area contributed by atoms with Gasteiger partial charge in [0.05, 0.1) is 14.2 Å². The van der Waals surface area contributed by atoms with E-state index in [1.54, 1.807) is 20.3 Å². The first-order valence-electron chi connectivity index (χ1n) is 5.33. The van der Waals surface area contributed by atoms with Crippen LogP contribution in [0.1, 0.15) is 12.0 Å². The lowest BCUT2D eigenvalue weighted by atomic mass is 10.1. The minimum atomic E-state index is -3.92. The Morgan fingerprint density at radius 2 is 1.53 bits per heavy atom. The van der Waals surface area contributed by atoms with Crippen LogP contribution in [-0.4, -0.2) is 37.4 Å². The Labute approximate surface area is 102 Å². The van der Waals surface area contributed by atoms with Crippen molar-refractivity contribution < 1.29 is 23.9 Å². The van der Waals surface area contributed by atoms with Gasteiger partial charge in [-0.1, -0.05) is 0 Å². The van der Waals surface area contributed by atoms with Crippen LogP contribution in [0.4, 0.5) is 0 Å². The van der Waals surface area contributed by atoms with Crippen LogP contribution in [0.25, 0.3) is 0 Å². The second-order valence-electron chi connectivity index (χ2n) is 3.85. The molecule has 0 atom stereocenters. The largest absolute Gasteiger partial charge is 0.497 e. The van der Waals surface area contributed by atoms with E-state index in [2.05, 4.69) is 0 Å². The van der Waals surface area contributed by atoms with Gasteiger partial charge in [0, 0.05) is 12.1 Å². The lowest BCUT2D eigenvalue weighted by Crippen LogP contribution is -2.34. The molecule has 0 heterocycles. The molecule has 96 valence electrons. The molecule has 1 aromatic rings. The molecule has 0 spiro atoms. The lowest BCUT2D eigenvalue weighted by Gasteiger charge is -2.10. The molecule has 0 bridgehead atoms. The second-order valence-corrected chi connectivity index (χ2v) is 5.90. The Hall–Kier alpha value is -1.08. The number of hydrogen-bond acceptors (Lipinski definition) is 5. The van der Waals surface area contributed by atoms with Crippen molar-refractivity contribution in [3.63, 3.8) is 0 Å². The highest BCUT2D eigenvalue weighted by Crippen LogP contribution is 2.23. The Kier molecular flexibility index (Phi) is 4.95. The van der Waals surface area contributed by atoms with Crippen molar-refractivity contribution in [2.24, 2.45) is 0 Å². The summed E-state index contributed by atoms with van der Waals surface area (Å²) < 4.78 is 10.3. The van der Waals surface area contributed by atoms with E-state index >= 15 is 0 Å². The molecule has 0 radical (unpaired) electrons. The summed E-state index contributed by atoms with van der Waals surface area (Å²) in [6, 6.07) is 5.52. The molecule has 1 aromatic carbocycles. The van der Waals surface area contributed by atoms with Gasteiger partial charge in [-0.05, 0) is 30.5 Å². The third kappa shape index (κ3) is 5.18. The third-order valence-corrected chi connectivity index (χ3v) is 3.41. The molecule has 1 rings (SSSR count). The molecule has 0 aliphatic carbocycles. The van der Waals surface area contributed by atoms with Gasteiger partial charge in [-0.15, -0.1) is 0 Å². The van der Waals surface area contributed by atoms with Gasteiger partial charge in [0.25, 0.3) is 0 Å². The van der Waals surface area contributed by atoms with Gasteiger partial charge in [-0.25, -0.2) is 0 Å². The summed E-state index contributed by atoms with van der Waals surface area (Å²) in [5.74, 6) is 1.39. The number of rotatable bonds is 6. The first-order valence-corrected chi connectivity index (χ1v) is 7.38. The first kappa shape index (κ1) is 14.0. The van der Waals surface area contributed by atoms with Crippen LogP contribution in [0.5, 0.6) is 11.5 Å². The highest BCUT2D eigenvalue weighted by atomic mass is 28.4. The molecular weight excluding hydrogens is 240 g/mol. The summed E-state index contributed by atoms with van der Waals surface area (Å²) in [5, 5.41) is 0. The number of methoxy groups -OCH3 is 2. The van der Waals surface area contributed by atoms with E-state index in [0.717, 1.165) is 5.56 Å². The molecule has 17 heavy (non-hydrogen) atoms. The van der Waals surface area contributed by atoms with Crippen LogP contribution in [0.3, 0.4) is 0 Å². The molecule has 3 N–H and O–H groups in total. The summed E-state index contributed by atoms with van der Waals surface area (Å²) in [4.78, 5) is 26.7. The van der Waals surface area contributed by atoms with Crippen LogP contribution in [0, 0.1) is 0 Å². The van der Waals surface area contributed by atoms with Gasteiger partial charge in [0.2, 0.25) is 0 Å². The molecule has 0 unspecified atom stereocenters. The number of hydrogen-bond donors (Lipinski definition) is 3. The zero-order valence-corrected chi connectivity index (χ0v) is 11.0. The smallest absolute Gasteiger partial charge is 0.492 e. The summed E-state index contributed by atoms with van der Waals surface area (Å²) in [7, 11) is -0.767. The second kappa shape index (κ2) is 6.01. The molecule has 0 aliphatic rings. The van der Waals surface area contributed by atoms with Crippen molar-refractivity contribution >= 4 is 8.80 Å². The Morgan fingerprint density at radius 3 is 1.94 bits per heavy atom. The van der Waals surface area contributed by atoms with Crippen molar-refractivity contribution in [2.75, 3.05) is 14.2 Å². The molecule has 5 nitrogen and oxygen atoms in total. The summed E-state index contributed by atoms with van der Waals surface area (Å²) in [5.41, 5.74) is 0.972. The van der Waals surface area contributed by atoms with E-state index in [4.69, 9.17) is 23.9 Å². The van der Waals surface area contributed by atoms with Crippen LogP contribution in [-0.2, 0) is 6.42 Å². The molecule has 0 saturated heterocycles. The maximum Gasteiger partial charge on any atom is 0.492 e. The number of aryl methyl sites for hydroxylation is 1. The molecule has 0 aromatic heterocycles. The zero-order valence-electron chi connectivity index (χ0n) is 10.0. The van der Waals surface area contributed by atoms with Gasteiger partial charge in [-0.3, -0.25) is 0 Å². The predicted octanol–water partition coefficient (Wildman–Crippen LogP) is 0.552. The summed E-state index contributed by atoms with van der Waals surface area (Å²) >= 11 is 0. The van der Waals surface area contributed by atoms with Crippen LogP contribution in [0.15, 0.2) is 18.2 Å². The average molecular weight is 258 g/mol. The maximum absolute atomic E-state index is 8.90. The van der Waals surface area contributed by atoms with Crippen molar-refractivity contribution in [3.8, 4) is 11.5 Å². The fourth-order valence-electron chi connectivity index (χ4n) is 1.54. The van der Waals surface area contributed by atoms with Gasteiger partial charge >= 0.3 is 8.80 Å². The quantitative estimate of drug-likeness (QED) is 0.650. The van der Waals surface area contributed by atoms with E-state index in [1.807, 2.05) is 12.1 Å². The van der Waals surface area contributed by atoms with Gasteiger partial charge in [0.1, 0.15) is 11.5 Å². The zero-order chi connectivity index (χ0) is 12.9. The van der Waals surface area contributed by atoms with E-state index < -0.39 is 8.80 Å². The monoisotopic (exact) mass is 258 g/mol. The van der Waals surface area contributed by atoms with E-state index in [1.165, 1.54) is 0 Å². The van der Waals surface area contributed by atoms with Crippen molar-refractivity contribution in [2.45, 2.75) is 18.9 Å². The van der Waals surface area contributed by atoms with E-state index in [9.17, 15) is 0 Å². The third-order valence-electron chi connectivity index (χ3n) is 2.39. The van der Waals surface area contributed by atoms with Crippen LogP contribution >= 0.6 is 0 Å². The van der Waals surface area contributed by atoms with Crippen molar-refractivity contribution in [3.05, 3.63) is 23.8 Å². The van der Waals surface area contributed by atoms with Crippen LogP contribution < -0.4 is 9.47 Å². The average Bonchev–Trinajstić information content (AvgIpc) is 2.26. The van der Waals surface area contributed by atoms with Crippen molar-refractivity contribution in [1.29, 1.82) is 0 Å². The van der Waals surface area contributed by atoms with Crippen LogP contribution in [0.2, 0.25) is 6.04 Å². The molecule has 6 heteroatoms. The summed E-state index contributed by atoms with van der Waals surface area (Å²) in [6.07, 6.45) is 1.13. The highest BCUT2D eigenvalue weighted by Gasteiger charge is 2.25. The molecular formula is C11H18O5Si. The highest BCUT2D eigenvalue weighted by molar-refractivity contribution is 6.56. The first-order chi connectivity index (χ1) is 7.94. The van der Waals surface area contributed by atoms with Crippen molar-refractivity contribution in [1.82, 2.24) is 0 Å². The van der Waals surface area contributed by atoms with Gasteiger partial charge in [-0.2, -0.15) is 0 Å². The SMILES string of the molecule is COc1cc(CCC[Si](O)(O)O)cc(OC)c1. The molecule has 0 saturated carbocycles. The minimum Gasteiger partial charge on any atom is -0.497 e. The van der Waals surface area contributed by atoms with E-state index in [0.29, 0.717) is 24.3 Å². The van der Waals surface area contributed by atoms with Gasteiger partial charge < -0.3 is 23.9 Å². The fourth-order valence-corrected chi connectivity index (χ4v) is 2.19.